The number of halogens is 3. The summed E-state index contributed by atoms with van der Waals surface area (Å²) in [6, 6.07) is 7.82. The van der Waals surface area contributed by atoms with Gasteiger partial charge in [0.05, 0.1) is 25.1 Å². The maximum atomic E-state index is 12.1. The van der Waals surface area contributed by atoms with Crippen molar-refractivity contribution < 1.29 is 39.1 Å². The first-order valence-corrected chi connectivity index (χ1v) is 12.7. The van der Waals surface area contributed by atoms with Crippen molar-refractivity contribution in [1.82, 2.24) is 9.40 Å². The Morgan fingerprint density at radius 1 is 1.12 bits per heavy atom. The van der Waals surface area contributed by atoms with Crippen LogP contribution in [0.2, 0.25) is 0 Å². The molecule has 1 N–H and O–H groups in total. The van der Waals surface area contributed by atoms with Crippen molar-refractivity contribution in [1.29, 1.82) is 0 Å². The number of imidazole rings is 1. The van der Waals surface area contributed by atoms with Gasteiger partial charge in [-0.3, -0.25) is 0 Å². The van der Waals surface area contributed by atoms with E-state index in [0.29, 0.717) is 12.1 Å². The second kappa shape index (κ2) is 11.6. The molecular formula is C19H27F3N4O5S2. The van der Waals surface area contributed by atoms with E-state index >= 15 is 0 Å². The van der Waals surface area contributed by atoms with Gasteiger partial charge in [0.15, 0.2) is 10.1 Å². The Kier molecular flexibility index (Phi) is 10.1. The molecule has 0 saturated heterocycles. The zero-order chi connectivity index (χ0) is 25.4. The van der Waals surface area contributed by atoms with Crippen LogP contribution < -0.4 is 9.40 Å². The Balaban J connectivity index is 0.000000582. The molecule has 0 fully saturated rings. The summed E-state index contributed by atoms with van der Waals surface area (Å²) in [5, 5.41) is 4.02. The van der Waals surface area contributed by atoms with E-state index in [9.17, 15) is 21.6 Å². The quantitative estimate of drug-likeness (QED) is 0.145. The molecule has 0 saturated carbocycles. The minimum atomic E-state index is -6.09. The predicted molar refractivity (Wildman–Crippen MR) is 116 cm³/mol. The van der Waals surface area contributed by atoms with E-state index in [2.05, 4.69) is 14.5 Å². The van der Waals surface area contributed by atoms with Crippen LogP contribution in [0.15, 0.2) is 41.8 Å². The summed E-state index contributed by atoms with van der Waals surface area (Å²) in [7, 11) is -7.50. The van der Waals surface area contributed by atoms with E-state index < -0.39 is 25.6 Å². The van der Waals surface area contributed by atoms with Crippen molar-refractivity contribution in [3.05, 3.63) is 53.6 Å². The first kappa shape index (κ1) is 28.6. The molecule has 1 heterocycles. The largest absolute Gasteiger partial charge is 0.741 e. The fourth-order valence-corrected chi connectivity index (χ4v) is 3.40. The fraction of sp³-hybridized carbons (Fsp3) is 0.474. The highest BCUT2D eigenvalue weighted by molar-refractivity contribution is 7.89. The Morgan fingerprint density at radius 3 is 2.12 bits per heavy atom. The van der Waals surface area contributed by atoms with Gasteiger partial charge in [0.25, 0.3) is 5.82 Å². The number of hydrogen-bond acceptors (Lipinski definition) is 6. The monoisotopic (exact) mass is 512 g/mol. The number of aryl methyl sites for hydroxylation is 3. The standard InChI is InChI=1S/C18H27N4O2S.CHF3O3S/c1-15-7-9-18(10-8-15)16(2)19-20-25(23,24)14-6-5-11-22-13-12-21(4)17(22)3;2-1(3,4)8(5,6)7/h7-10,12-13,20H,5-6,11,14H2,1-4H3;(H,5,6,7)/q+1;/p-1/b19-16-;. The Labute approximate surface area is 191 Å². The molecule has 0 atom stereocenters. The Hall–Kier alpha value is -2.45. The van der Waals surface area contributed by atoms with E-state index in [-0.39, 0.29) is 5.75 Å². The van der Waals surface area contributed by atoms with E-state index in [4.69, 9.17) is 13.0 Å². The highest BCUT2D eigenvalue weighted by Crippen LogP contribution is 2.20. The van der Waals surface area contributed by atoms with E-state index in [1.165, 1.54) is 0 Å². The highest BCUT2D eigenvalue weighted by Gasteiger charge is 2.36. The molecular weight excluding hydrogens is 485 g/mol. The Morgan fingerprint density at radius 2 is 1.67 bits per heavy atom. The third kappa shape index (κ3) is 9.92. The number of hydrazone groups is 1. The minimum absolute atomic E-state index is 0.0735. The number of hydrogen-bond donors (Lipinski definition) is 1. The number of nitrogens with one attached hydrogen (secondary N) is 1. The molecule has 0 unspecified atom stereocenters. The molecule has 33 heavy (non-hydrogen) atoms. The number of benzene rings is 1. The summed E-state index contributed by atoms with van der Waals surface area (Å²) >= 11 is 0. The van der Waals surface area contributed by atoms with Gasteiger partial charge in [0, 0.05) is 6.92 Å². The van der Waals surface area contributed by atoms with Crippen LogP contribution in [0.5, 0.6) is 0 Å². The number of alkyl halides is 3. The molecule has 0 radical (unpaired) electrons. The van der Waals surface area contributed by atoms with Crippen molar-refractivity contribution in [3.8, 4) is 0 Å². The molecule has 0 amide bonds. The summed E-state index contributed by atoms with van der Waals surface area (Å²) in [5.74, 6) is 1.23. The first-order chi connectivity index (χ1) is 15.0. The van der Waals surface area contributed by atoms with Crippen molar-refractivity contribution in [2.24, 2.45) is 12.1 Å². The maximum Gasteiger partial charge on any atom is 0.485 e. The summed E-state index contributed by atoms with van der Waals surface area (Å²) in [5.41, 5.74) is -2.93. The molecule has 2 rings (SSSR count). The molecule has 9 nitrogen and oxygen atoms in total. The summed E-state index contributed by atoms with van der Waals surface area (Å²) in [4.78, 5) is 2.34. The lowest BCUT2D eigenvalue weighted by Gasteiger charge is -2.08. The molecule has 14 heteroatoms. The van der Waals surface area contributed by atoms with Gasteiger partial charge in [-0.15, -0.1) is 0 Å². The van der Waals surface area contributed by atoms with Crippen molar-refractivity contribution in [2.75, 3.05) is 5.75 Å². The molecule has 1 aromatic heterocycles. The lowest BCUT2D eigenvalue weighted by molar-refractivity contribution is -0.677. The third-order valence-corrected chi connectivity index (χ3v) is 6.33. The molecule has 0 aliphatic heterocycles. The topological polar surface area (TPSA) is 125 Å². The number of aromatic nitrogens is 2. The van der Waals surface area contributed by atoms with Crippen LogP contribution in [0.25, 0.3) is 0 Å². The molecule has 186 valence electrons. The molecule has 0 bridgehead atoms. The van der Waals surface area contributed by atoms with Crippen LogP contribution in [0.3, 0.4) is 0 Å². The van der Waals surface area contributed by atoms with Gasteiger partial charge in [-0.25, -0.2) is 30.8 Å². The van der Waals surface area contributed by atoms with E-state index in [1.807, 2.05) is 62.1 Å². The SMILES string of the molecule is C/C(=N/NS(=O)(=O)CCCCn1cc[n+](C)c1C)c1ccc(C)cc1.O=S(=O)([O-])C(F)(F)F. The Bertz CT molecular complexity index is 1160. The van der Waals surface area contributed by atoms with Crippen molar-refractivity contribution >= 4 is 25.9 Å². The molecule has 1 aromatic carbocycles. The lowest BCUT2D eigenvalue weighted by Crippen LogP contribution is -2.29. The van der Waals surface area contributed by atoms with Crippen LogP contribution in [0, 0.1) is 13.8 Å². The van der Waals surface area contributed by atoms with Gasteiger partial charge in [-0.05, 0) is 32.3 Å². The van der Waals surface area contributed by atoms with Gasteiger partial charge < -0.3 is 4.55 Å². The van der Waals surface area contributed by atoms with E-state index in [0.717, 1.165) is 29.9 Å². The van der Waals surface area contributed by atoms with Gasteiger partial charge in [0.2, 0.25) is 10.0 Å². The number of rotatable bonds is 8. The number of unbranched alkanes of at least 4 members (excludes halogenated alkanes) is 1. The number of sulfonamides is 1. The summed E-state index contributed by atoms with van der Waals surface area (Å²) in [6.45, 7) is 6.66. The van der Waals surface area contributed by atoms with Gasteiger partial charge in [-0.2, -0.15) is 18.3 Å². The van der Waals surface area contributed by atoms with Gasteiger partial charge in [0.1, 0.15) is 12.4 Å². The van der Waals surface area contributed by atoms with Crippen molar-refractivity contribution in [2.45, 2.75) is 45.7 Å². The molecule has 0 aliphatic rings. The molecule has 0 spiro atoms. The summed E-state index contributed by atoms with van der Waals surface area (Å²) in [6.07, 6.45) is 5.40. The smallest absolute Gasteiger partial charge is 0.485 e. The molecule has 2 aromatic rings. The van der Waals surface area contributed by atoms with Crippen LogP contribution in [0.4, 0.5) is 13.2 Å². The zero-order valence-corrected chi connectivity index (χ0v) is 20.3. The summed E-state index contributed by atoms with van der Waals surface area (Å²) < 4.78 is 87.2. The molecule has 0 aliphatic carbocycles. The zero-order valence-electron chi connectivity index (χ0n) is 18.6. The normalized spacial score (nSPS) is 12.8. The maximum absolute atomic E-state index is 12.1. The fourth-order valence-electron chi connectivity index (χ4n) is 2.45. The van der Waals surface area contributed by atoms with E-state index in [1.54, 1.807) is 6.92 Å². The predicted octanol–water partition coefficient (Wildman–Crippen LogP) is 2.10. The minimum Gasteiger partial charge on any atom is -0.741 e. The first-order valence-electron chi connectivity index (χ1n) is 9.68. The van der Waals surface area contributed by atoms with Crippen LogP contribution >= 0.6 is 0 Å². The second-order valence-electron chi connectivity index (χ2n) is 7.23. The van der Waals surface area contributed by atoms with Crippen LogP contribution in [-0.4, -0.2) is 42.9 Å². The second-order valence-corrected chi connectivity index (χ2v) is 10.4. The van der Waals surface area contributed by atoms with Crippen LogP contribution in [0.1, 0.15) is 36.7 Å². The van der Waals surface area contributed by atoms with Gasteiger partial charge >= 0.3 is 5.51 Å². The third-order valence-electron chi connectivity index (χ3n) is 4.56. The van der Waals surface area contributed by atoms with Crippen LogP contribution in [-0.2, 0) is 33.7 Å². The highest BCUT2D eigenvalue weighted by atomic mass is 32.2. The average Bonchev–Trinajstić information content (AvgIpc) is 3.01. The van der Waals surface area contributed by atoms with Crippen molar-refractivity contribution in [3.63, 3.8) is 0 Å². The van der Waals surface area contributed by atoms with Gasteiger partial charge in [-0.1, -0.05) is 29.8 Å². The average molecular weight is 513 g/mol. The lowest BCUT2D eigenvalue weighted by atomic mass is 10.1. The number of nitrogens with zero attached hydrogens (tertiary/aromatic N) is 3.